The lowest BCUT2D eigenvalue weighted by Crippen LogP contribution is -2.71. The van der Waals surface area contributed by atoms with E-state index in [1.54, 1.807) is 0 Å². The van der Waals surface area contributed by atoms with Crippen molar-refractivity contribution >= 4 is 0 Å². The molecule has 2 saturated carbocycles. The van der Waals surface area contributed by atoms with Crippen molar-refractivity contribution in [1.82, 2.24) is 10.2 Å². The van der Waals surface area contributed by atoms with Gasteiger partial charge in [0.05, 0.1) is 12.2 Å². The first-order chi connectivity index (χ1) is 12.3. The van der Waals surface area contributed by atoms with E-state index in [0.717, 1.165) is 38.6 Å². The van der Waals surface area contributed by atoms with Gasteiger partial charge in [-0.1, -0.05) is 36.8 Å². The molecule has 25 heavy (non-hydrogen) atoms. The molecule has 2 saturated heterocycles. The van der Waals surface area contributed by atoms with E-state index in [9.17, 15) is 5.11 Å². The second-order valence-corrected chi connectivity index (χ2v) is 8.67. The normalized spacial score (nSPS) is 39.2. The van der Waals surface area contributed by atoms with Crippen LogP contribution in [0, 0.1) is 11.3 Å². The van der Waals surface area contributed by atoms with Gasteiger partial charge >= 0.3 is 0 Å². The minimum atomic E-state index is -0.183. The van der Waals surface area contributed by atoms with E-state index in [1.807, 2.05) is 0 Å². The predicted octanol–water partition coefficient (Wildman–Crippen LogP) is 2.17. The Bertz CT molecular complexity index is 603. The van der Waals surface area contributed by atoms with Crippen molar-refractivity contribution in [2.24, 2.45) is 11.3 Å². The number of fused-ring (bicyclic) bond motifs is 2. The van der Waals surface area contributed by atoms with Crippen LogP contribution < -0.4 is 5.32 Å². The topological polar surface area (TPSA) is 44.7 Å². The molecule has 5 unspecified atom stereocenters. The number of hydrogen-bond donors (Lipinski definition) is 2. The quantitative estimate of drug-likeness (QED) is 0.861. The second kappa shape index (κ2) is 6.34. The number of ether oxygens (including phenoxy) is 1. The first-order valence-electron chi connectivity index (χ1n) is 10.1. The zero-order valence-corrected chi connectivity index (χ0v) is 14.9. The average Bonchev–Trinajstić information content (AvgIpc) is 3.12. The Morgan fingerprint density at radius 3 is 2.84 bits per heavy atom. The van der Waals surface area contributed by atoms with Gasteiger partial charge in [-0.3, -0.25) is 4.90 Å². The summed E-state index contributed by atoms with van der Waals surface area (Å²) in [7, 11) is 0. The monoisotopic (exact) mass is 342 g/mol. The number of rotatable bonds is 5. The zero-order chi connectivity index (χ0) is 16.9. The Morgan fingerprint density at radius 1 is 1.24 bits per heavy atom. The Kier molecular flexibility index (Phi) is 4.12. The van der Waals surface area contributed by atoms with E-state index in [1.165, 1.54) is 31.2 Å². The van der Waals surface area contributed by atoms with Crippen LogP contribution in [0.15, 0.2) is 30.3 Å². The number of likely N-dealkylation sites (tertiary alicyclic amines) is 1. The summed E-state index contributed by atoms with van der Waals surface area (Å²) in [5, 5.41) is 14.1. The lowest BCUT2D eigenvalue weighted by Gasteiger charge is -2.63. The SMILES string of the molecule is OC1CC(CNC2C3CCOC3C23CCC3)N(Cc2ccccc2)C1. The molecular formula is C21H30N2O2. The van der Waals surface area contributed by atoms with Crippen LogP contribution in [0.3, 0.4) is 0 Å². The van der Waals surface area contributed by atoms with Crippen molar-refractivity contribution in [3.8, 4) is 0 Å². The van der Waals surface area contributed by atoms with Crippen LogP contribution in [0.1, 0.15) is 37.7 Å². The highest BCUT2D eigenvalue weighted by Gasteiger charge is 2.66. The van der Waals surface area contributed by atoms with Crippen molar-refractivity contribution in [3.63, 3.8) is 0 Å². The van der Waals surface area contributed by atoms with Gasteiger partial charge in [0, 0.05) is 49.7 Å². The van der Waals surface area contributed by atoms with Gasteiger partial charge < -0.3 is 15.2 Å². The summed E-state index contributed by atoms with van der Waals surface area (Å²) in [5.74, 6) is 0.731. The molecule has 4 heteroatoms. The van der Waals surface area contributed by atoms with Gasteiger partial charge in [-0.2, -0.15) is 0 Å². The third kappa shape index (κ3) is 2.66. The molecule has 4 nitrogen and oxygen atoms in total. The van der Waals surface area contributed by atoms with Crippen molar-refractivity contribution in [1.29, 1.82) is 0 Å². The summed E-state index contributed by atoms with van der Waals surface area (Å²) in [6, 6.07) is 11.7. The molecule has 0 amide bonds. The second-order valence-electron chi connectivity index (χ2n) is 8.67. The van der Waals surface area contributed by atoms with Crippen molar-refractivity contribution in [2.75, 3.05) is 19.7 Å². The largest absolute Gasteiger partial charge is 0.392 e. The molecular weight excluding hydrogens is 312 g/mol. The van der Waals surface area contributed by atoms with Crippen molar-refractivity contribution < 1.29 is 9.84 Å². The summed E-state index contributed by atoms with van der Waals surface area (Å²) >= 11 is 0. The highest BCUT2D eigenvalue weighted by atomic mass is 16.5. The molecule has 4 fully saturated rings. The number of aliphatic hydroxyl groups is 1. The highest BCUT2D eigenvalue weighted by Crippen LogP contribution is 2.62. The van der Waals surface area contributed by atoms with E-state index >= 15 is 0 Å². The zero-order valence-electron chi connectivity index (χ0n) is 14.9. The van der Waals surface area contributed by atoms with Crippen LogP contribution in [-0.4, -0.2) is 54.0 Å². The van der Waals surface area contributed by atoms with Crippen molar-refractivity contribution in [3.05, 3.63) is 35.9 Å². The molecule has 2 N–H and O–H groups in total. The molecule has 1 aromatic carbocycles. The third-order valence-electron chi connectivity index (χ3n) is 7.34. The lowest BCUT2D eigenvalue weighted by molar-refractivity contribution is -0.176. The van der Waals surface area contributed by atoms with E-state index in [-0.39, 0.29) is 6.10 Å². The number of β-amino-alcohol motifs (C(OH)–C–C–N with tert-alkyl or cyclic N) is 1. The van der Waals surface area contributed by atoms with E-state index in [4.69, 9.17) is 4.74 Å². The summed E-state index contributed by atoms with van der Waals surface area (Å²) in [6.45, 7) is 3.69. The van der Waals surface area contributed by atoms with Crippen LogP contribution in [-0.2, 0) is 11.3 Å². The van der Waals surface area contributed by atoms with Gasteiger partial charge in [0.1, 0.15) is 0 Å². The first kappa shape index (κ1) is 16.2. The Hall–Kier alpha value is -0.940. The van der Waals surface area contributed by atoms with Crippen LogP contribution in [0.4, 0.5) is 0 Å². The summed E-state index contributed by atoms with van der Waals surface area (Å²) in [4.78, 5) is 2.46. The minimum absolute atomic E-state index is 0.183. The Morgan fingerprint density at radius 2 is 2.08 bits per heavy atom. The van der Waals surface area contributed by atoms with Crippen LogP contribution in [0.25, 0.3) is 0 Å². The molecule has 0 bridgehead atoms. The number of benzene rings is 1. The highest BCUT2D eigenvalue weighted by molar-refractivity contribution is 5.19. The maximum Gasteiger partial charge on any atom is 0.0690 e. The maximum atomic E-state index is 10.2. The molecule has 2 aliphatic heterocycles. The molecule has 1 aromatic rings. The average molecular weight is 342 g/mol. The molecule has 4 aliphatic rings. The minimum Gasteiger partial charge on any atom is -0.392 e. The fraction of sp³-hybridized carbons (Fsp3) is 0.714. The summed E-state index contributed by atoms with van der Waals surface area (Å²) < 4.78 is 6.04. The van der Waals surface area contributed by atoms with Gasteiger partial charge in [-0.15, -0.1) is 0 Å². The van der Waals surface area contributed by atoms with E-state index in [0.29, 0.717) is 23.6 Å². The molecule has 2 aliphatic carbocycles. The lowest BCUT2D eigenvalue weighted by atomic mass is 9.46. The molecule has 5 atom stereocenters. The van der Waals surface area contributed by atoms with Crippen LogP contribution >= 0.6 is 0 Å². The molecule has 0 radical (unpaired) electrons. The smallest absolute Gasteiger partial charge is 0.0690 e. The third-order valence-corrected chi connectivity index (χ3v) is 7.34. The molecule has 1 spiro atoms. The first-order valence-corrected chi connectivity index (χ1v) is 10.1. The molecule has 0 aromatic heterocycles. The predicted molar refractivity (Wildman–Crippen MR) is 97.2 cm³/mol. The molecule has 136 valence electrons. The van der Waals surface area contributed by atoms with Gasteiger partial charge in [0.15, 0.2) is 0 Å². The number of hydrogen-bond acceptors (Lipinski definition) is 4. The van der Waals surface area contributed by atoms with Crippen LogP contribution in [0.2, 0.25) is 0 Å². The van der Waals surface area contributed by atoms with Crippen LogP contribution in [0.5, 0.6) is 0 Å². The maximum absolute atomic E-state index is 10.2. The fourth-order valence-electron chi connectivity index (χ4n) is 6.00. The van der Waals surface area contributed by atoms with Gasteiger partial charge in [-0.25, -0.2) is 0 Å². The number of aliphatic hydroxyl groups excluding tert-OH is 1. The van der Waals surface area contributed by atoms with Gasteiger partial charge in [-0.05, 0) is 31.2 Å². The number of nitrogens with one attached hydrogen (secondary N) is 1. The van der Waals surface area contributed by atoms with E-state index < -0.39 is 0 Å². The van der Waals surface area contributed by atoms with Gasteiger partial charge in [0.2, 0.25) is 0 Å². The van der Waals surface area contributed by atoms with Gasteiger partial charge in [0.25, 0.3) is 0 Å². The summed E-state index contributed by atoms with van der Waals surface area (Å²) in [5.41, 5.74) is 1.79. The number of nitrogens with zero attached hydrogens (tertiary/aromatic N) is 1. The Labute approximate surface area is 150 Å². The standard InChI is InChI=1S/C21H30N2O2/c24-17-11-16(23(14-17)13-15-5-2-1-3-6-15)12-22-19-18-7-10-25-20(18)21(19)8-4-9-21/h1-3,5-6,16-20,22,24H,4,7-14H2. The van der Waals surface area contributed by atoms with E-state index in [2.05, 4.69) is 40.5 Å². The molecule has 2 heterocycles. The van der Waals surface area contributed by atoms with Crippen molar-refractivity contribution in [2.45, 2.75) is 62.9 Å². The Balaban J connectivity index is 1.22. The fourth-order valence-corrected chi connectivity index (χ4v) is 6.00. The molecule has 5 rings (SSSR count). The summed E-state index contributed by atoms with van der Waals surface area (Å²) in [6.07, 6.45) is 6.52.